The zero-order chi connectivity index (χ0) is 29.4. The SMILES string of the molecule is CC1(C)CC([C@H](c2ccc(Cl)cc2)[C@H](N)C(=O)Nc2cccc(F)c2CC[C@H]2CN[C@@H]3CCS(=O)(=O)N2C3)CCO1. The van der Waals surface area contributed by atoms with Crippen molar-refractivity contribution in [3.8, 4) is 0 Å². The van der Waals surface area contributed by atoms with Crippen molar-refractivity contribution in [2.24, 2.45) is 11.7 Å². The minimum absolute atomic E-state index is 0.0989. The molecule has 11 heteroatoms. The first-order valence-electron chi connectivity index (χ1n) is 14.4. The number of carbonyl (C=O) groups is 1. The molecule has 3 fully saturated rings. The molecular formula is C30H40ClFN4O4S. The lowest BCUT2D eigenvalue weighted by Gasteiger charge is -2.43. The van der Waals surface area contributed by atoms with Crippen molar-refractivity contribution in [1.82, 2.24) is 9.62 Å². The molecule has 0 aromatic heterocycles. The number of benzene rings is 2. The number of amides is 1. The summed E-state index contributed by atoms with van der Waals surface area (Å²) < 4.78 is 48.0. The van der Waals surface area contributed by atoms with E-state index < -0.39 is 27.8 Å². The number of nitrogens with one attached hydrogen (secondary N) is 2. The molecule has 3 aliphatic heterocycles. The van der Waals surface area contributed by atoms with E-state index in [1.165, 1.54) is 6.07 Å². The summed E-state index contributed by atoms with van der Waals surface area (Å²) in [4.78, 5) is 13.7. The number of piperazine rings is 1. The van der Waals surface area contributed by atoms with E-state index in [1.54, 1.807) is 28.6 Å². The van der Waals surface area contributed by atoms with Crippen LogP contribution < -0.4 is 16.4 Å². The first kappa shape index (κ1) is 30.4. The predicted molar refractivity (Wildman–Crippen MR) is 159 cm³/mol. The number of nitrogens with zero attached hydrogens (tertiary/aromatic N) is 1. The first-order valence-corrected chi connectivity index (χ1v) is 16.4. The summed E-state index contributed by atoms with van der Waals surface area (Å²) in [5, 5.41) is 6.93. The van der Waals surface area contributed by atoms with Gasteiger partial charge in [0.05, 0.1) is 17.4 Å². The zero-order valence-electron chi connectivity index (χ0n) is 23.6. The Morgan fingerprint density at radius 1 is 1.24 bits per heavy atom. The van der Waals surface area contributed by atoms with Crippen LogP contribution in [0.2, 0.25) is 5.02 Å². The van der Waals surface area contributed by atoms with Gasteiger partial charge in [0.1, 0.15) is 5.82 Å². The van der Waals surface area contributed by atoms with Crippen molar-refractivity contribution in [2.45, 2.75) is 75.6 Å². The van der Waals surface area contributed by atoms with E-state index in [0.717, 1.165) is 18.4 Å². The lowest BCUT2D eigenvalue weighted by Crippen LogP contribution is -2.62. The van der Waals surface area contributed by atoms with Gasteiger partial charge in [-0.15, -0.1) is 0 Å². The summed E-state index contributed by atoms with van der Waals surface area (Å²) in [6.45, 7) is 5.63. The average molecular weight is 607 g/mol. The van der Waals surface area contributed by atoms with Gasteiger partial charge in [-0.3, -0.25) is 4.79 Å². The number of ether oxygens (including phenoxy) is 1. The molecule has 0 spiro atoms. The topological polar surface area (TPSA) is 114 Å². The molecule has 0 saturated carbocycles. The second kappa shape index (κ2) is 12.3. The fraction of sp³-hybridized carbons (Fsp3) is 0.567. The minimum atomic E-state index is -3.32. The monoisotopic (exact) mass is 606 g/mol. The van der Waals surface area contributed by atoms with Crippen molar-refractivity contribution in [3.63, 3.8) is 0 Å². The van der Waals surface area contributed by atoms with Gasteiger partial charge in [-0.2, -0.15) is 4.31 Å². The fourth-order valence-corrected chi connectivity index (χ4v) is 8.67. The largest absolute Gasteiger partial charge is 0.376 e. The molecule has 3 saturated heterocycles. The van der Waals surface area contributed by atoms with Crippen LogP contribution >= 0.6 is 11.6 Å². The Balaban J connectivity index is 1.34. The van der Waals surface area contributed by atoms with Gasteiger partial charge in [0.2, 0.25) is 15.9 Å². The van der Waals surface area contributed by atoms with Gasteiger partial charge >= 0.3 is 0 Å². The number of rotatable bonds is 8. The lowest BCUT2D eigenvalue weighted by molar-refractivity contribution is -0.119. The van der Waals surface area contributed by atoms with Crippen LogP contribution in [0.1, 0.15) is 56.6 Å². The number of sulfonamides is 1. The van der Waals surface area contributed by atoms with Gasteiger partial charge < -0.3 is 21.1 Å². The molecule has 41 heavy (non-hydrogen) atoms. The van der Waals surface area contributed by atoms with Crippen molar-refractivity contribution in [2.75, 3.05) is 30.8 Å². The molecular weight excluding hydrogens is 567 g/mol. The molecule has 8 nitrogen and oxygen atoms in total. The van der Waals surface area contributed by atoms with E-state index >= 15 is 4.39 Å². The molecule has 2 unspecified atom stereocenters. The lowest BCUT2D eigenvalue weighted by atomic mass is 9.73. The summed E-state index contributed by atoms with van der Waals surface area (Å²) in [6, 6.07) is 11.0. The second-order valence-electron chi connectivity index (χ2n) is 12.2. The number of anilines is 1. The van der Waals surface area contributed by atoms with Crippen LogP contribution in [0, 0.1) is 11.7 Å². The van der Waals surface area contributed by atoms with E-state index in [9.17, 15) is 13.2 Å². The highest BCUT2D eigenvalue weighted by molar-refractivity contribution is 7.89. The van der Waals surface area contributed by atoms with Crippen LogP contribution in [0.5, 0.6) is 0 Å². The van der Waals surface area contributed by atoms with Gasteiger partial charge in [-0.25, -0.2) is 12.8 Å². The molecule has 2 aromatic carbocycles. The maximum atomic E-state index is 15.1. The van der Waals surface area contributed by atoms with E-state index in [2.05, 4.69) is 10.6 Å². The number of hydrogen-bond acceptors (Lipinski definition) is 6. The van der Waals surface area contributed by atoms with Crippen molar-refractivity contribution in [1.29, 1.82) is 0 Å². The smallest absolute Gasteiger partial charge is 0.241 e. The molecule has 2 bridgehead atoms. The molecule has 6 atom stereocenters. The van der Waals surface area contributed by atoms with Crippen molar-refractivity contribution >= 4 is 33.2 Å². The quantitative estimate of drug-likeness (QED) is 0.418. The summed E-state index contributed by atoms with van der Waals surface area (Å²) in [5.41, 5.74) is 7.99. The predicted octanol–water partition coefficient (Wildman–Crippen LogP) is 4.04. The summed E-state index contributed by atoms with van der Waals surface area (Å²) in [6.07, 6.45) is 2.81. The maximum absolute atomic E-state index is 15.1. The Hall–Kier alpha value is -2.08. The van der Waals surface area contributed by atoms with E-state index in [-0.39, 0.29) is 41.7 Å². The molecule has 224 valence electrons. The summed E-state index contributed by atoms with van der Waals surface area (Å²) in [5.74, 6) is -0.916. The summed E-state index contributed by atoms with van der Waals surface area (Å²) >= 11 is 6.15. The molecule has 5 rings (SSSR count). The standard InChI is InChI=1S/C30H40ClFN4O4S/c1-30(2)16-20(12-14-40-30)27(19-6-8-21(31)9-7-19)28(33)29(37)35-26-5-3-4-25(32)24(26)11-10-23-17-34-22-13-15-41(38,39)36(23)18-22/h3-9,20,22-23,27-28,34H,10-18,33H2,1-2H3,(H,35,37)/t20?,22-,23+,27+,28+/m1/s1. The molecule has 1 amide bonds. The number of nitrogens with two attached hydrogens (primary N) is 1. The third-order valence-corrected chi connectivity index (χ3v) is 11.0. The van der Waals surface area contributed by atoms with E-state index in [0.29, 0.717) is 48.8 Å². The maximum Gasteiger partial charge on any atom is 0.241 e. The van der Waals surface area contributed by atoms with Crippen LogP contribution in [0.4, 0.5) is 10.1 Å². The van der Waals surface area contributed by atoms with Crippen LogP contribution in [0.3, 0.4) is 0 Å². The number of halogens is 2. The third-order valence-electron chi connectivity index (χ3n) is 8.82. The van der Waals surface area contributed by atoms with Crippen molar-refractivity contribution in [3.05, 3.63) is 64.4 Å². The molecule has 4 N–H and O–H groups in total. The minimum Gasteiger partial charge on any atom is -0.376 e. The number of hydrogen-bond donors (Lipinski definition) is 3. The van der Waals surface area contributed by atoms with Gasteiger partial charge in [-0.05, 0) is 81.7 Å². The summed E-state index contributed by atoms with van der Waals surface area (Å²) in [7, 11) is -3.32. The first-order chi connectivity index (χ1) is 19.4. The second-order valence-corrected chi connectivity index (χ2v) is 14.7. The Kier molecular flexibility index (Phi) is 9.09. The van der Waals surface area contributed by atoms with E-state index in [1.807, 2.05) is 26.0 Å². The molecule has 3 aliphatic rings. The van der Waals surface area contributed by atoms with E-state index in [4.69, 9.17) is 22.1 Å². The Bertz CT molecular complexity index is 1360. The van der Waals surface area contributed by atoms with Crippen molar-refractivity contribution < 1.29 is 22.3 Å². The number of fused-ring (bicyclic) bond motifs is 2. The van der Waals surface area contributed by atoms with Gasteiger partial charge in [-0.1, -0.05) is 29.8 Å². The normalized spacial score (nSPS) is 28.4. The zero-order valence-corrected chi connectivity index (χ0v) is 25.2. The fourth-order valence-electron chi connectivity index (χ4n) is 6.69. The Morgan fingerprint density at radius 3 is 2.73 bits per heavy atom. The van der Waals surface area contributed by atoms with Crippen LogP contribution in [0.25, 0.3) is 0 Å². The van der Waals surface area contributed by atoms with Crippen LogP contribution in [0.15, 0.2) is 42.5 Å². The average Bonchev–Trinajstić information content (AvgIpc) is 2.92. The molecule has 0 radical (unpaired) electrons. The van der Waals surface area contributed by atoms with Gasteiger partial charge in [0.25, 0.3) is 0 Å². The number of carbonyl (C=O) groups excluding carboxylic acids is 1. The highest BCUT2D eigenvalue weighted by Gasteiger charge is 2.41. The molecule has 0 aliphatic carbocycles. The molecule has 3 heterocycles. The highest BCUT2D eigenvalue weighted by atomic mass is 35.5. The Morgan fingerprint density at radius 2 is 2.00 bits per heavy atom. The molecule has 2 aromatic rings. The highest BCUT2D eigenvalue weighted by Crippen LogP contribution is 2.40. The Labute approximate surface area is 247 Å². The third kappa shape index (κ3) is 6.95. The van der Waals surface area contributed by atoms with Gasteiger partial charge in [0, 0.05) is 54.0 Å². The van der Waals surface area contributed by atoms with Gasteiger partial charge in [0.15, 0.2) is 0 Å². The van der Waals surface area contributed by atoms with Crippen LogP contribution in [-0.2, 0) is 26.0 Å². The van der Waals surface area contributed by atoms with Crippen LogP contribution in [-0.4, -0.2) is 67.8 Å².